The average molecular weight is 381 g/mol. The molecule has 0 unspecified atom stereocenters. The number of halogens is 2. The van der Waals surface area contributed by atoms with Gasteiger partial charge in [-0.15, -0.1) is 12.4 Å². The van der Waals surface area contributed by atoms with Crippen molar-refractivity contribution in [2.75, 3.05) is 11.9 Å². The number of carbonyl (C=O) groups is 1. The van der Waals surface area contributed by atoms with E-state index in [1.54, 1.807) is 12.1 Å². The molecule has 140 valence electrons. The molecule has 0 spiro atoms. The van der Waals surface area contributed by atoms with Crippen molar-refractivity contribution in [3.63, 3.8) is 0 Å². The van der Waals surface area contributed by atoms with Gasteiger partial charge in [-0.05, 0) is 37.8 Å². The first-order valence-electron chi connectivity index (χ1n) is 8.75. The maximum absolute atomic E-state index is 14.3. The van der Waals surface area contributed by atoms with Gasteiger partial charge in [-0.1, -0.05) is 0 Å². The number of hydrogen-bond donors (Lipinski definition) is 3. The number of amides is 1. The lowest BCUT2D eigenvalue weighted by atomic mass is 10.1. The minimum atomic E-state index is -0.463. The Bertz CT molecular complexity index is 789. The molecule has 1 aliphatic heterocycles. The average Bonchev–Trinajstić information content (AvgIpc) is 3.26. The van der Waals surface area contributed by atoms with Gasteiger partial charge in [0.1, 0.15) is 0 Å². The highest BCUT2D eigenvalue weighted by Gasteiger charge is 2.22. The molecule has 1 aromatic carbocycles. The first-order chi connectivity index (χ1) is 12.2. The van der Waals surface area contributed by atoms with Crippen molar-refractivity contribution in [2.45, 2.75) is 44.8 Å². The first kappa shape index (κ1) is 18.7. The summed E-state index contributed by atoms with van der Waals surface area (Å²) < 4.78 is 20.0. The van der Waals surface area contributed by atoms with Crippen molar-refractivity contribution in [3.8, 4) is 5.75 Å². The first-order valence-corrected chi connectivity index (χ1v) is 8.75. The molecule has 2 heterocycles. The van der Waals surface area contributed by atoms with Gasteiger partial charge in [0.2, 0.25) is 0 Å². The number of carbonyl (C=O) groups excluding carboxylic acids is 1. The van der Waals surface area contributed by atoms with Crippen LogP contribution in [-0.4, -0.2) is 28.8 Å². The fourth-order valence-corrected chi connectivity index (χ4v) is 3.46. The van der Waals surface area contributed by atoms with Gasteiger partial charge in [-0.25, -0.2) is 4.39 Å². The summed E-state index contributed by atoms with van der Waals surface area (Å²) in [4.78, 5) is 12.4. The van der Waals surface area contributed by atoms with Crippen LogP contribution in [0, 0.1) is 5.82 Å². The van der Waals surface area contributed by atoms with Crippen LogP contribution < -0.4 is 15.4 Å². The molecule has 1 saturated carbocycles. The highest BCUT2D eigenvalue weighted by Crippen LogP contribution is 2.28. The Hall–Kier alpha value is -2.12. The molecule has 0 radical (unpaired) electrons. The molecule has 3 N–H and O–H groups in total. The zero-order valence-electron chi connectivity index (χ0n) is 14.3. The fourth-order valence-electron chi connectivity index (χ4n) is 3.46. The van der Waals surface area contributed by atoms with Crippen LogP contribution in [-0.2, 0) is 13.0 Å². The predicted octanol–water partition coefficient (Wildman–Crippen LogP) is 3.19. The fraction of sp³-hybridized carbons (Fsp3) is 0.444. The van der Waals surface area contributed by atoms with Crippen LogP contribution in [0.15, 0.2) is 18.2 Å². The third kappa shape index (κ3) is 3.83. The van der Waals surface area contributed by atoms with Crippen molar-refractivity contribution in [1.82, 2.24) is 15.5 Å². The summed E-state index contributed by atoms with van der Waals surface area (Å²) in [5.41, 5.74) is 2.61. The summed E-state index contributed by atoms with van der Waals surface area (Å²) in [7, 11) is 0. The summed E-state index contributed by atoms with van der Waals surface area (Å²) in [5, 5.41) is 12.9. The summed E-state index contributed by atoms with van der Waals surface area (Å²) >= 11 is 0. The van der Waals surface area contributed by atoms with E-state index in [4.69, 9.17) is 4.74 Å². The van der Waals surface area contributed by atoms with Crippen LogP contribution in [0.1, 0.15) is 47.4 Å². The number of aromatic amines is 1. The SMILES string of the molecule is Cl.O=C(Nc1ccc(OC2CCCC2)c(F)c1)c1n[nH]c2c1CNCC2. The van der Waals surface area contributed by atoms with E-state index in [1.165, 1.54) is 6.07 Å². The zero-order chi connectivity index (χ0) is 17.2. The maximum atomic E-state index is 14.3. The van der Waals surface area contributed by atoms with Gasteiger partial charge in [0.15, 0.2) is 17.3 Å². The molecule has 8 heteroatoms. The molecule has 4 rings (SSSR count). The molecule has 1 amide bonds. The molecular formula is C18H22ClFN4O2. The lowest BCUT2D eigenvalue weighted by Gasteiger charge is -2.15. The Labute approximate surface area is 157 Å². The van der Waals surface area contributed by atoms with Crippen molar-refractivity contribution >= 4 is 24.0 Å². The monoisotopic (exact) mass is 380 g/mol. The van der Waals surface area contributed by atoms with Gasteiger partial charge in [-0.3, -0.25) is 9.89 Å². The summed E-state index contributed by atoms with van der Waals surface area (Å²) in [6.45, 7) is 1.47. The predicted molar refractivity (Wildman–Crippen MR) is 98.5 cm³/mol. The molecule has 6 nitrogen and oxygen atoms in total. The van der Waals surface area contributed by atoms with Crippen LogP contribution in [0.5, 0.6) is 5.75 Å². The van der Waals surface area contributed by atoms with E-state index in [0.717, 1.165) is 49.9 Å². The Kier molecular flexibility index (Phi) is 5.78. The third-order valence-electron chi connectivity index (χ3n) is 4.81. The molecular weight excluding hydrogens is 359 g/mol. The number of benzene rings is 1. The zero-order valence-corrected chi connectivity index (χ0v) is 15.1. The summed E-state index contributed by atoms with van der Waals surface area (Å²) in [6.07, 6.45) is 5.11. The minimum absolute atomic E-state index is 0. The van der Waals surface area contributed by atoms with Gasteiger partial charge >= 0.3 is 0 Å². The standard InChI is InChI=1S/C18H21FN4O2.ClH/c19-14-9-11(5-6-16(14)25-12-3-1-2-4-12)21-18(24)17-13-10-20-8-7-15(13)22-23-17;/h5-6,9,12,20H,1-4,7-8,10H2,(H,21,24)(H,22,23);1H. The van der Waals surface area contributed by atoms with Crippen LogP contribution in [0.2, 0.25) is 0 Å². The number of hydrogen-bond acceptors (Lipinski definition) is 4. The highest BCUT2D eigenvalue weighted by molar-refractivity contribution is 6.04. The van der Waals surface area contributed by atoms with Crippen molar-refractivity contribution in [3.05, 3.63) is 41.0 Å². The Morgan fingerprint density at radius 2 is 2.12 bits per heavy atom. The summed E-state index contributed by atoms with van der Waals surface area (Å²) in [6, 6.07) is 4.52. The van der Waals surface area contributed by atoms with E-state index in [-0.39, 0.29) is 30.2 Å². The number of ether oxygens (including phenoxy) is 1. The van der Waals surface area contributed by atoms with Gasteiger partial charge in [0, 0.05) is 42.5 Å². The van der Waals surface area contributed by atoms with E-state index in [9.17, 15) is 9.18 Å². The van der Waals surface area contributed by atoms with Crippen LogP contribution in [0.25, 0.3) is 0 Å². The van der Waals surface area contributed by atoms with Crippen molar-refractivity contribution in [2.24, 2.45) is 0 Å². The molecule has 2 aromatic rings. The normalized spacial score (nSPS) is 16.7. The van der Waals surface area contributed by atoms with E-state index in [1.807, 2.05) is 0 Å². The number of nitrogens with one attached hydrogen (secondary N) is 3. The molecule has 0 bridgehead atoms. The Balaban J connectivity index is 0.00000196. The molecule has 26 heavy (non-hydrogen) atoms. The van der Waals surface area contributed by atoms with Crippen LogP contribution >= 0.6 is 12.4 Å². The molecule has 0 atom stereocenters. The highest BCUT2D eigenvalue weighted by atomic mass is 35.5. The number of aromatic nitrogens is 2. The lowest BCUT2D eigenvalue weighted by molar-refractivity contribution is 0.102. The molecule has 1 fully saturated rings. The second-order valence-electron chi connectivity index (χ2n) is 6.58. The van der Waals surface area contributed by atoms with Crippen molar-refractivity contribution < 1.29 is 13.9 Å². The van der Waals surface area contributed by atoms with E-state index < -0.39 is 5.82 Å². The van der Waals surface area contributed by atoms with Crippen LogP contribution in [0.3, 0.4) is 0 Å². The molecule has 0 saturated heterocycles. The second-order valence-corrected chi connectivity index (χ2v) is 6.58. The molecule has 1 aromatic heterocycles. The Morgan fingerprint density at radius 1 is 1.31 bits per heavy atom. The lowest BCUT2D eigenvalue weighted by Crippen LogP contribution is -2.25. The van der Waals surface area contributed by atoms with Gasteiger partial charge < -0.3 is 15.4 Å². The molecule has 2 aliphatic rings. The minimum Gasteiger partial charge on any atom is -0.487 e. The number of rotatable bonds is 4. The number of H-pyrrole nitrogens is 1. The van der Waals surface area contributed by atoms with E-state index in [0.29, 0.717) is 17.9 Å². The number of fused-ring (bicyclic) bond motifs is 1. The van der Waals surface area contributed by atoms with Crippen LogP contribution in [0.4, 0.5) is 10.1 Å². The second kappa shape index (κ2) is 8.05. The summed E-state index contributed by atoms with van der Waals surface area (Å²) in [5.74, 6) is -0.563. The number of anilines is 1. The van der Waals surface area contributed by atoms with Gasteiger partial charge in [0.05, 0.1) is 6.10 Å². The quantitative estimate of drug-likeness (QED) is 0.761. The largest absolute Gasteiger partial charge is 0.487 e. The topological polar surface area (TPSA) is 79.0 Å². The molecule has 1 aliphatic carbocycles. The Morgan fingerprint density at radius 3 is 2.88 bits per heavy atom. The van der Waals surface area contributed by atoms with E-state index >= 15 is 0 Å². The third-order valence-corrected chi connectivity index (χ3v) is 4.81. The van der Waals surface area contributed by atoms with Gasteiger partial charge in [-0.2, -0.15) is 5.10 Å². The smallest absolute Gasteiger partial charge is 0.276 e. The maximum Gasteiger partial charge on any atom is 0.276 e. The number of nitrogens with zero attached hydrogens (tertiary/aromatic N) is 1. The van der Waals surface area contributed by atoms with E-state index in [2.05, 4.69) is 20.8 Å². The van der Waals surface area contributed by atoms with Gasteiger partial charge in [0.25, 0.3) is 5.91 Å². The van der Waals surface area contributed by atoms with Crippen molar-refractivity contribution in [1.29, 1.82) is 0 Å².